The van der Waals surface area contributed by atoms with Crippen molar-refractivity contribution in [2.45, 2.75) is 19.4 Å². The minimum atomic E-state index is 0.306. The van der Waals surface area contributed by atoms with Gasteiger partial charge in [-0.25, -0.2) is 0 Å². The second-order valence-electron chi connectivity index (χ2n) is 4.78. The van der Waals surface area contributed by atoms with Crippen molar-refractivity contribution in [3.8, 4) is 5.75 Å². The summed E-state index contributed by atoms with van der Waals surface area (Å²) in [5, 5.41) is 18.4. The number of benzene rings is 1. The fraction of sp³-hybridized carbons (Fsp3) is 0.462. The van der Waals surface area contributed by atoms with Gasteiger partial charge in [-0.3, -0.25) is 4.68 Å². The molecule has 1 atom stereocenters. The quantitative estimate of drug-likeness (QED) is 0.827. The number of aromatic nitrogens is 2. The maximum Gasteiger partial charge on any atom is 0.117 e. The Morgan fingerprint density at radius 2 is 2.41 bits per heavy atom. The van der Waals surface area contributed by atoms with Crippen molar-refractivity contribution in [1.82, 2.24) is 15.1 Å². The van der Waals surface area contributed by atoms with Crippen molar-refractivity contribution in [3.63, 3.8) is 0 Å². The average Bonchev–Trinajstić information content (AvgIpc) is 2.73. The molecule has 0 spiro atoms. The van der Waals surface area contributed by atoms with Gasteiger partial charge in [0.15, 0.2) is 0 Å². The highest BCUT2D eigenvalue weighted by molar-refractivity contribution is 5.79. The van der Waals surface area contributed by atoms with Gasteiger partial charge in [-0.05, 0) is 44.0 Å². The molecule has 0 radical (unpaired) electrons. The van der Waals surface area contributed by atoms with E-state index in [2.05, 4.69) is 10.4 Å². The summed E-state index contributed by atoms with van der Waals surface area (Å²) in [4.78, 5) is 0. The standard InChI is InChI=1S/C13H17N3O/c17-12-4-3-11-8-15-16(13(11)6-12)9-10-2-1-5-14-7-10/h3-4,6,8,10,14,17H,1-2,5,7,9H2. The number of nitrogens with one attached hydrogen (secondary N) is 1. The highest BCUT2D eigenvalue weighted by atomic mass is 16.3. The second-order valence-corrected chi connectivity index (χ2v) is 4.78. The topological polar surface area (TPSA) is 50.1 Å². The van der Waals surface area contributed by atoms with E-state index in [9.17, 15) is 5.11 Å². The van der Waals surface area contributed by atoms with Crippen LogP contribution in [0.15, 0.2) is 24.4 Å². The molecule has 90 valence electrons. The summed E-state index contributed by atoms with van der Waals surface area (Å²) >= 11 is 0. The van der Waals surface area contributed by atoms with Crippen molar-refractivity contribution in [2.24, 2.45) is 5.92 Å². The fourth-order valence-corrected chi connectivity index (χ4v) is 2.53. The highest BCUT2D eigenvalue weighted by Crippen LogP contribution is 2.21. The summed E-state index contributed by atoms with van der Waals surface area (Å²) in [5.41, 5.74) is 1.02. The largest absolute Gasteiger partial charge is 0.508 e. The number of hydrogen-bond donors (Lipinski definition) is 2. The molecule has 2 N–H and O–H groups in total. The van der Waals surface area contributed by atoms with Gasteiger partial charge in [-0.1, -0.05) is 0 Å². The lowest BCUT2D eigenvalue weighted by Crippen LogP contribution is -2.32. The lowest BCUT2D eigenvalue weighted by atomic mass is 10.00. The van der Waals surface area contributed by atoms with E-state index in [1.807, 2.05) is 16.9 Å². The number of hydrogen-bond acceptors (Lipinski definition) is 3. The summed E-state index contributed by atoms with van der Waals surface area (Å²) in [5.74, 6) is 0.954. The predicted octanol–water partition coefficient (Wildman–Crippen LogP) is 1.74. The molecule has 1 unspecified atom stereocenters. The molecule has 0 bridgehead atoms. The molecule has 0 aliphatic carbocycles. The third-order valence-corrected chi connectivity index (χ3v) is 3.46. The summed E-state index contributed by atoms with van der Waals surface area (Å²) in [7, 11) is 0. The number of piperidine rings is 1. The van der Waals surface area contributed by atoms with Crippen LogP contribution in [0.2, 0.25) is 0 Å². The van der Waals surface area contributed by atoms with Crippen LogP contribution in [0.4, 0.5) is 0 Å². The number of nitrogens with zero attached hydrogens (tertiary/aromatic N) is 2. The Kier molecular flexibility index (Phi) is 2.73. The van der Waals surface area contributed by atoms with Crippen LogP contribution in [-0.2, 0) is 6.54 Å². The van der Waals surface area contributed by atoms with Gasteiger partial charge >= 0.3 is 0 Å². The number of phenols is 1. The van der Waals surface area contributed by atoms with Crippen LogP contribution in [0.1, 0.15) is 12.8 Å². The zero-order valence-electron chi connectivity index (χ0n) is 9.76. The lowest BCUT2D eigenvalue weighted by Gasteiger charge is -2.22. The number of aromatic hydroxyl groups is 1. The smallest absolute Gasteiger partial charge is 0.117 e. The van der Waals surface area contributed by atoms with E-state index < -0.39 is 0 Å². The molecule has 4 nitrogen and oxygen atoms in total. The zero-order chi connectivity index (χ0) is 11.7. The van der Waals surface area contributed by atoms with E-state index in [-0.39, 0.29) is 0 Å². The third-order valence-electron chi connectivity index (χ3n) is 3.46. The zero-order valence-corrected chi connectivity index (χ0v) is 9.76. The molecule has 1 fully saturated rings. The van der Waals surface area contributed by atoms with Crippen LogP contribution in [-0.4, -0.2) is 28.0 Å². The van der Waals surface area contributed by atoms with E-state index in [0.717, 1.165) is 30.5 Å². The normalized spacial score (nSPS) is 20.8. The first-order valence-corrected chi connectivity index (χ1v) is 6.18. The van der Waals surface area contributed by atoms with Crippen LogP contribution in [0.3, 0.4) is 0 Å². The van der Waals surface area contributed by atoms with Crippen LogP contribution in [0.25, 0.3) is 10.9 Å². The summed E-state index contributed by atoms with van der Waals surface area (Å²) in [6, 6.07) is 5.41. The maximum atomic E-state index is 9.53. The van der Waals surface area contributed by atoms with Crippen LogP contribution in [0.5, 0.6) is 5.75 Å². The van der Waals surface area contributed by atoms with E-state index in [0.29, 0.717) is 11.7 Å². The maximum absolute atomic E-state index is 9.53. The predicted molar refractivity (Wildman–Crippen MR) is 67.0 cm³/mol. The van der Waals surface area contributed by atoms with E-state index in [4.69, 9.17) is 0 Å². The summed E-state index contributed by atoms with van der Waals surface area (Å²) in [6.45, 7) is 3.14. The molecule has 17 heavy (non-hydrogen) atoms. The number of rotatable bonds is 2. The van der Waals surface area contributed by atoms with Gasteiger partial charge in [-0.2, -0.15) is 5.10 Å². The van der Waals surface area contributed by atoms with Gasteiger partial charge in [0, 0.05) is 18.0 Å². The molecule has 1 aliphatic rings. The van der Waals surface area contributed by atoms with Crippen LogP contribution >= 0.6 is 0 Å². The number of phenolic OH excluding ortho intramolecular Hbond substituents is 1. The molecule has 0 amide bonds. The Morgan fingerprint density at radius 3 is 3.24 bits per heavy atom. The molecular formula is C13H17N3O. The molecule has 3 rings (SSSR count). The van der Waals surface area contributed by atoms with Crippen molar-refractivity contribution in [1.29, 1.82) is 0 Å². The van der Waals surface area contributed by atoms with Crippen molar-refractivity contribution < 1.29 is 5.11 Å². The molecule has 1 aromatic heterocycles. The molecular weight excluding hydrogens is 214 g/mol. The highest BCUT2D eigenvalue weighted by Gasteiger charge is 2.15. The monoisotopic (exact) mass is 231 g/mol. The van der Waals surface area contributed by atoms with Gasteiger partial charge in [-0.15, -0.1) is 0 Å². The van der Waals surface area contributed by atoms with Gasteiger partial charge in [0.2, 0.25) is 0 Å². The van der Waals surface area contributed by atoms with Crippen molar-refractivity contribution in [3.05, 3.63) is 24.4 Å². The third kappa shape index (κ3) is 2.13. The minimum absolute atomic E-state index is 0.306. The summed E-state index contributed by atoms with van der Waals surface area (Å²) in [6.07, 6.45) is 4.37. The van der Waals surface area contributed by atoms with Gasteiger partial charge in [0.1, 0.15) is 5.75 Å². The Morgan fingerprint density at radius 1 is 1.47 bits per heavy atom. The van der Waals surface area contributed by atoms with Gasteiger partial charge in [0.25, 0.3) is 0 Å². The molecule has 0 saturated carbocycles. The Hall–Kier alpha value is -1.55. The molecule has 4 heteroatoms. The van der Waals surface area contributed by atoms with E-state index in [1.165, 1.54) is 12.8 Å². The Labute approximate surface area is 100 Å². The first kappa shape index (κ1) is 10.6. The Bertz CT molecular complexity index is 514. The second kappa shape index (κ2) is 4.37. The first-order chi connectivity index (χ1) is 8.33. The van der Waals surface area contributed by atoms with Gasteiger partial charge < -0.3 is 10.4 Å². The molecule has 1 aliphatic heterocycles. The van der Waals surface area contributed by atoms with Crippen molar-refractivity contribution in [2.75, 3.05) is 13.1 Å². The van der Waals surface area contributed by atoms with Crippen LogP contribution in [0, 0.1) is 5.92 Å². The lowest BCUT2D eigenvalue weighted by molar-refractivity contribution is 0.329. The van der Waals surface area contributed by atoms with E-state index in [1.54, 1.807) is 12.1 Å². The first-order valence-electron chi connectivity index (χ1n) is 6.18. The van der Waals surface area contributed by atoms with Crippen LogP contribution < -0.4 is 5.32 Å². The van der Waals surface area contributed by atoms with E-state index >= 15 is 0 Å². The molecule has 2 aromatic rings. The Balaban J connectivity index is 1.86. The van der Waals surface area contributed by atoms with Crippen molar-refractivity contribution >= 4 is 10.9 Å². The molecule has 1 aromatic carbocycles. The fourth-order valence-electron chi connectivity index (χ4n) is 2.53. The minimum Gasteiger partial charge on any atom is -0.508 e. The molecule has 2 heterocycles. The average molecular weight is 231 g/mol. The number of fused-ring (bicyclic) bond motifs is 1. The SMILES string of the molecule is Oc1ccc2cnn(CC3CCCNC3)c2c1. The van der Waals surface area contributed by atoms with Gasteiger partial charge in [0.05, 0.1) is 11.7 Å². The molecule has 1 saturated heterocycles. The summed E-state index contributed by atoms with van der Waals surface area (Å²) < 4.78 is 2.01.